The normalized spacial score (nSPS) is 10.2. The zero-order chi connectivity index (χ0) is 10.6. The molecule has 78 valence electrons. The lowest BCUT2D eigenvalue weighted by molar-refractivity contribution is 0.0958. The van der Waals surface area contributed by atoms with Crippen LogP contribution in [0.25, 0.3) is 0 Å². The molecule has 0 aliphatic heterocycles. The van der Waals surface area contributed by atoms with E-state index in [9.17, 15) is 4.79 Å². The van der Waals surface area contributed by atoms with Crippen LogP contribution in [0, 0.1) is 13.8 Å². The first-order valence-electron chi connectivity index (χ1n) is 4.56. The molecule has 1 amide bonds. The highest BCUT2D eigenvalue weighted by molar-refractivity contribution is 14.1. The second-order valence-electron chi connectivity index (χ2n) is 3.15. The summed E-state index contributed by atoms with van der Waals surface area (Å²) in [4.78, 5) is 13.6. The molecule has 4 heteroatoms. The number of hydrogen-bond donors (Lipinski definition) is 1. The molecule has 0 unspecified atom stereocenters. The van der Waals surface area contributed by atoms with Gasteiger partial charge < -0.3 is 5.32 Å². The predicted molar refractivity (Wildman–Crippen MR) is 69.6 cm³/mol. The molecule has 1 rings (SSSR count). The molecule has 0 aromatic carbocycles. The van der Waals surface area contributed by atoms with Gasteiger partial charge in [-0.3, -0.25) is 4.79 Å². The Bertz CT molecular complexity index is 302. The summed E-state index contributed by atoms with van der Waals surface area (Å²) >= 11 is 3.88. The summed E-state index contributed by atoms with van der Waals surface area (Å²) in [5, 5.41) is 2.91. The summed E-state index contributed by atoms with van der Waals surface area (Å²) in [7, 11) is 0. The van der Waals surface area contributed by atoms with E-state index in [2.05, 4.69) is 27.9 Å². The average Bonchev–Trinajstić information content (AvgIpc) is 2.47. The number of aryl methyl sites for hydroxylation is 2. The van der Waals surface area contributed by atoms with Gasteiger partial charge in [0.25, 0.3) is 5.91 Å². The number of carbonyl (C=O) groups excluding carboxylic acids is 1. The van der Waals surface area contributed by atoms with Gasteiger partial charge in [-0.2, -0.15) is 0 Å². The van der Waals surface area contributed by atoms with Crippen molar-refractivity contribution < 1.29 is 4.79 Å². The Kier molecular flexibility index (Phi) is 4.88. The Morgan fingerprint density at radius 1 is 1.57 bits per heavy atom. The molecule has 2 nitrogen and oxygen atoms in total. The number of carbonyl (C=O) groups is 1. The van der Waals surface area contributed by atoms with E-state index in [0.717, 1.165) is 22.3 Å². The number of hydrogen-bond acceptors (Lipinski definition) is 2. The fraction of sp³-hybridized carbons (Fsp3) is 0.500. The molecule has 0 spiro atoms. The van der Waals surface area contributed by atoms with Crippen LogP contribution in [-0.2, 0) is 0 Å². The number of alkyl halides is 1. The van der Waals surface area contributed by atoms with E-state index in [1.54, 1.807) is 11.3 Å². The van der Waals surface area contributed by atoms with Gasteiger partial charge in [0.15, 0.2) is 0 Å². The first-order chi connectivity index (χ1) is 6.65. The van der Waals surface area contributed by atoms with Crippen molar-refractivity contribution in [3.05, 3.63) is 21.4 Å². The Morgan fingerprint density at radius 3 is 2.79 bits per heavy atom. The number of halogens is 1. The highest BCUT2D eigenvalue weighted by atomic mass is 127. The Balaban J connectivity index is 2.52. The first-order valence-corrected chi connectivity index (χ1v) is 6.90. The minimum atomic E-state index is 0.0658. The van der Waals surface area contributed by atoms with E-state index in [1.165, 1.54) is 10.4 Å². The van der Waals surface area contributed by atoms with Gasteiger partial charge in [0.2, 0.25) is 0 Å². The molecule has 0 radical (unpaired) electrons. The topological polar surface area (TPSA) is 29.1 Å². The molecule has 14 heavy (non-hydrogen) atoms. The molecule has 0 bridgehead atoms. The van der Waals surface area contributed by atoms with Crippen LogP contribution in [0.5, 0.6) is 0 Å². The van der Waals surface area contributed by atoms with Crippen molar-refractivity contribution in [1.29, 1.82) is 0 Å². The maximum Gasteiger partial charge on any atom is 0.261 e. The molecule has 0 aliphatic carbocycles. The second-order valence-corrected chi connectivity index (χ2v) is 5.48. The summed E-state index contributed by atoms with van der Waals surface area (Å²) in [6, 6.07) is 1.96. The minimum Gasteiger partial charge on any atom is -0.351 e. The van der Waals surface area contributed by atoms with E-state index >= 15 is 0 Å². The number of nitrogens with one attached hydrogen (secondary N) is 1. The number of amides is 1. The van der Waals surface area contributed by atoms with Crippen molar-refractivity contribution >= 4 is 39.8 Å². The molecular weight excluding hydrogens is 309 g/mol. The van der Waals surface area contributed by atoms with E-state index in [4.69, 9.17) is 0 Å². The van der Waals surface area contributed by atoms with Crippen molar-refractivity contribution in [1.82, 2.24) is 5.32 Å². The van der Waals surface area contributed by atoms with E-state index < -0.39 is 0 Å². The van der Waals surface area contributed by atoms with Gasteiger partial charge in [-0.1, -0.05) is 22.6 Å². The van der Waals surface area contributed by atoms with Crippen LogP contribution < -0.4 is 5.32 Å². The molecule has 0 saturated carbocycles. The second kappa shape index (κ2) is 5.70. The van der Waals surface area contributed by atoms with Crippen molar-refractivity contribution in [3.8, 4) is 0 Å². The van der Waals surface area contributed by atoms with Crippen LogP contribution >= 0.6 is 33.9 Å². The van der Waals surface area contributed by atoms with Crippen molar-refractivity contribution in [2.24, 2.45) is 0 Å². The molecule has 0 atom stereocenters. The highest BCUT2D eigenvalue weighted by Crippen LogP contribution is 2.20. The third-order valence-corrected chi connectivity index (χ3v) is 3.90. The molecule has 1 aromatic heterocycles. The lowest BCUT2D eigenvalue weighted by Crippen LogP contribution is -2.23. The van der Waals surface area contributed by atoms with Gasteiger partial charge in [0, 0.05) is 15.8 Å². The van der Waals surface area contributed by atoms with Gasteiger partial charge in [0.1, 0.15) is 0 Å². The monoisotopic (exact) mass is 323 g/mol. The van der Waals surface area contributed by atoms with E-state index in [-0.39, 0.29) is 5.91 Å². The smallest absolute Gasteiger partial charge is 0.261 e. The van der Waals surface area contributed by atoms with Crippen LogP contribution in [0.4, 0.5) is 0 Å². The lowest BCUT2D eigenvalue weighted by Gasteiger charge is -2.00. The summed E-state index contributed by atoms with van der Waals surface area (Å²) < 4.78 is 1.08. The van der Waals surface area contributed by atoms with Crippen LogP contribution in [0.3, 0.4) is 0 Å². The van der Waals surface area contributed by atoms with E-state index in [1.807, 2.05) is 19.9 Å². The highest BCUT2D eigenvalue weighted by Gasteiger charge is 2.08. The largest absolute Gasteiger partial charge is 0.351 e. The quantitative estimate of drug-likeness (QED) is 0.515. The Labute approximate surface area is 102 Å². The summed E-state index contributed by atoms with van der Waals surface area (Å²) in [6.45, 7) is 4.85. The van der Waals surface area contributed by atoms with Crippen molar-refractivity contribution in [3.63, 3.8) is 0 Å². The zero-order valence-electron chi connectivity index (χ0n) is 8.39. The fourth-order valence-corrected chi connectivity index (χ4v) is 2.37. The minimum absolute atomic E-state index is 0.0658. The van der Waals surface area contributed by atoms with Crippen LogP contribution in [0.15, 0.2) is 6.07 Å². The van der Waals surface area contributed by atoms with Gasteiger partial charge in [0.05, 0.1) is 4.88 Å². The maximum atomic E-state index is 11.6. The Morgan fingerprint density at radius 2 is 2.29 bits per heavy atom. The van der Waals surface area contributed by atoms with Crippen molar-refractivity contribution in [2.75, 3.05) is 11.0 Å². The summed E-state index contributed by atoms with van der Waals surface area (Å²) in [5.41, 5.74) is 1.20. The number of rotatable bonds is 4. The van der Waals surface area contributed by atoms with Crippen LogP contribution in [-0.4, -0.2) is 16.9 Å². The Hall–Kier alpha value is -0.1000. The molecule has 0 saturated heterocycles. The number of thiophene rings is 1. The maximum absolute atomic E-state index is 11.6. The zero-order valence-corrected chi connectivity index (χ0v) is 11.4. The van der Waals surface area contributed by atoms with E-state index in [0.29, 0.717) is 0 Å². The molecular formula is C10H14INOS. The van der Waals surface area contributed by atoms with Crippen LogP contribution in [0.1, 0.15) is 26.5 Å². The predicted octanol–water partition coefficient (Wildman–Crippen LogP) is 2.92. The lowest BCUT2D eigenvalue weighted by atomic mass is 10.3. The summed E-state index contributed by atoms with van der Waals surface area (Å²) in [5.74, 6) is 0.0658. The third kappa shape index (κ3) is 3.24. The molecule has 0 fully saturated rings. The SMILES string of the molecule is Cc1cc(C(=O)NCCCI)sc1C. The summed E-state index contributed by atoms with van der Waals surface area (Å²) in [6.07, 6.45) is 1.04. The molecule has 1 N–H and O–H groups in total. The van der Waals surface area contributed by atoms with Gasteiger partial charge in [-0.15, -0.1) is 11.3 Å². The van der Waals surface area contributed by atoms with Crippen LogP contribution in [0.2, 0.25) is 0 Å². The average molecular weight is 323 g/mol. The third-order valence-electron chi connectivity index (χ3n) is 1.99. The fourth-order valence-electron chi connectivity index (χ4n) is 1.04. The van der Waals surface area contributed by atoms with Gasteiger partial charge in [-0.05, 0) is 31.9 Å². The standard InChI is InChI=1S/C10H14INOS/c1-7-6-9(14-8(7)2)10(13)12-5-3-4-11/h6H,3-5H2,1-2H3,(H,12,13). The first kappa shape index (κ1) is 12.0. The molecule has 0 aliphatic rings. The molecule has 1 aromatic rings. The van der Waals surface area contributed by atoms with Crippen molar-refractivity contribution in [2.45, 2.75) is 20.3 Å². The van der Waals surface area contributed by atoms with Gasteiger partial charge >= 0.3 is 0 Å². The molecule has 1 heterocycles. The van der Waals surface area contributed by atoms with Gasteiger partial charge in [-0.25, -0.2) is 0 Å².